The Hall–Kier alpha value is -3.46. The summed E-state index contributed by atoms with van der Waals surface area (Å²) in [6.07, 6.45) is 2.46. The lowest BCUT2D eigenvalue weighted by Crippen LogP contribution is -2.15. The summed E-state index contributed by atoms with van der Waals surface area (Å²) in [5, 5.41) is 0. The Balaban J connectivity index is 1.85. The monoisotopic (exact) mass is 368 g/mol. The Morgan fingerprint density at radius 3 is 2.00 bits per heavy atom. The first-order valence-electron chi connectivity index (χ1n) is 9.30. The maximum absolute atomic E-state index is 13.1. The smallest absolute Gasteiger partial charge is 0.194 e. The number of aryl methyl sites for hydroxylation is 1. The number of hydrogen-bond donors (Lipinski definition) is 0. The van der Waals surface area contributed by atoms with E-state index in [2.05, 4.69) is 0 Å². The number of benzene rings is 3. The maximum Gasteiger partial charge on any atom is 0.194 e. The molecule has 0 atom stereocenters. The lowest BCUT2D eigenvalue weighted by atomic mass is 9.80. The number of rotatable bonds is 4. The number of hydrogen-bond acceptors (Lipinski definition) is 3. The number of methoxy groups -OCH3 is 1. The highest BCUT2D eigenvalue weighted by molar-refractivity contribution is 6.21. The number of ether oxygens (including phenoxy) is 1. The molecule has 3 aromatic rings. The van der Waals surface area contributed by atoms with Crippen LogP contribution in [0.25, 0.3) is 5.57 Å². The third kappa shape index (κ3) is 2.95. The summed E-state index contributed by atoms with van der Waals surface area (Å²) in [6, 6.07) is 20.4. The van der Waals surface area contributed by atoms with E-state index in [9.17, 15) is 9.59 Å². The van der Waals surface area contributed by atoms with Crippen molar-refractivity contribution in [2.24, 2.45) is 0 Å². The molecule has 1 aliphatic carbocycles. The van der Waals surface area contributed by atoms with Crippen LogP contribution in [0.2, 0.25) is 0 Å². The van der Waals surface area contributed by atoms with Gasteiger partial charge in [-0.05, 0) is 40.8 Å². The maximum atomic E-state index is 13.1. The molecular weight excluding hydrogens is 348 g/mol. The molecule has 3 aromatic carbocycles. The molecule has 0 amide bonds. The molecule has 3 heteroatoms. The van der Waals surface area contributed by atoms with Crippen molar-refractivity contribution >= 4 is 17.1 Å². The van der Waals surface area contributed by atoms with Crippen LogP contribution < -0.4 is 4.74 Å². The van der Waals surface area contributed by atoms with Crippen molar-refractivity contribution in [1.82, 2.24) is 0 Å². The summed E-state index contributed by atoms with van der Waals surface area (Å²) in [7, 11) is 1.61. The Morgan fingerprint density at radius 1 is 0.893 bits per heavy atom. The highest BCUT2D eigenvalue weighted by atomic mass is 16.5. The standard InChI is InChI=1S/C25H20O3/c1-3-16-12-13-17(14-24(16)28-2)23(26)15-22-18-8-4-6-10-20(18)25(27)21-11-7-5-9-19(21)22/h4-15H,3H2,1-2H3. The molecule has 1 aliphatic rings. The van der Waals surface area contributed by atoms with Crippen LogP contribution in [0, 0.1) is 0 Å². The third-order valence-electron chi connectivity index (χ3n) is 5.15. The molecule has 0 aromatic heterocycles. The second kappa shape index (κ2) is 7.28. The summed E-state index contributed by atoms with van der Waals surface area (Å²) in [5.74, 6) is 0.589. The number of fused-ring (bicyclic) bond motifs is 2. The fourth-order valence-electron chi connectivity index (χ4n) is 3.68. The van der Waals surface area contributed by atoms with Crippen molar-refractivity contribution in [3.8, 4) is 5.75 Å². The summed E-state index contributed by atoms with van der Waals surface area (Å²) >= 11 is 0. The van der Waals surface area contributed by atoms with E-state index in [4.69, 9.17) is 4.74 Å². The molecule has 0 radical (unpaired) electrons. The molecule has 138 valence electrons. The lowest BCUT2D eigenvalue weighted by molar-refractivity contribution is 0.103. The average Bonchev–Trinajstić information content (AvgIpc) is 2.76. The first-order chi connectivity index (χ1) is 13.6. The van der Waals surface area contributed by atoms with Gasteiger partial charge in [-0.3, -0.25) is 9.59 Å². The summed E-state index contributed by atoms with van der Waals surface area (Å²) in [6.45, 7) is 2.05. The van der Waals surface area contributed by atoms with Crippen molar-refractivity contribution < 1.29 is 14.3 Å². The van der Waals surface area contributed by atoms with Gasteiger partial charge in [0, 0.05) is 16.7 Å². The van der Waals surface area contributed by atoms with Crippen LogP contribution in [0.1, 0.15) is 49.9 Å². The average molecular weight is 368 g/mol. The van der Waals surface area contributed by atoms with E-state index in [1.165, 1.54) is 0 Å². The SMILES string of the molecule is CCc1ccc(C(=O)C=C2c3ccccc3C(=O)c3ccccc32)cc1OC. The topological polar surface area (TPSA) is 43.4 Å². The van der Waals surface area contributed by atoms with Gasteiger partial charge in [0.15, 0.2) is 11.6 Å². The van der Waals surface area contributed by atoms with Gasteiger partial charge in [-0.15, -0.1) is 0 Å². The predicted octanol–water partition coefficient (Wildman–Crippen LogP) is 5.12. The van der Waals surface area contributed by atoms with Crippen LogP contribution in [0.4, 0.5) is 0 Å². The first-order valence-corrected chi connectivity index (χ1v) is 9.30. The van der Waals surface area contributed by atoms with E-state index in [1.54, 1.807) is 19.3 Å². The van der Waals surface area contributed by atoms with E-state index in [0.717, 1.165) is 28.7 Å². The first kappa shape index (κ1) is 17.9. The third-order valence-corrected chi connectivity index (χ3v) is 5.15. The van der Waals surface area contributed by atoms with Gasteiger partial charge in [0.2, 0.25) is 0 Å². The molecular formula is C25H20O3. The Morgan fingerprint density at radius 2 is 1.46 bits per heavy atom. The fourth-order valence-corrected chi connectivity index (χ4v) is 3.68. The van der Waals surface area contributed by atoms with E-state index < -0.39 is 0 Å². The van der Waals surface area contributed by atoms with E-state index in [-0.39, 0.29) is 11.6 Å². The number of carbonyl (C=O) groups is 2. The van der Waals surface area contributed by atoms with Gasteiger partial charge in [0.05, 0.1) is 7.11 Å². The Labute approximate surface area is 164 Å². The van der Waals surface area contributed by atoms with Crippen LogP contribution in [0.3, 0.4) is 0 Å². The van der Waals surface area contributed by atoms with Crippen LogP contribution in [-0.2, 0) is 6.42 Å². The second-order valence-electron chi connectivity index (χ2n) is 6.72. The van der Waals surface area contributed by atoms with Gasteiger partial charge >= 0.3 is 0 Å². The zero-order valence-electron chi connectivity index (χ0n) is 15.9. The van der Waals surface area contributed by atoms with Crippen LogP contribution >= 0.6 is 0 Å². The fraction of sp³-hybridized carbons (Fsp3) is 0.120. The minimum atomic E-state index is -0.116. The van der Waals surface area contributed by atoms with Crippen molar-refractivity contribution in [3.05, 3.63) is 106 Å². The molecule has 3 nitrogen and oxygen atoms in total. The summed E-state index contributed by atoms with van der Waals surface area (Å²) in [5.41, 5.74) is 5.22. The highest BCUT2D eigenvalue weighted by Crippen LogP contribution is 2.36. The predicted molar refractivity (Wildman–Crippen MR) is 110 cm³/mol. The van der Waals surface area contributed by atoms with Gasteiger partial charge in [0.1, 0.15) is 5.75 Å². The molecule has 0 bridgehead atoms. The second-order valence-corrected chi connectivity index (χ2v) is 6.72. The molecule has 0 N–H and O–H groups in total. The molecule has 4 rings (SSSR count). The van der Waals surface area contributed by atoms with Crippen LogP contribution in [0.15, 0.2) is 72.8 Å². The zero-order valence-corrected chi connectivity index (χ0v) is 15.9. The van der Waals surface area contributed by atoms with Gasteiger partial charge < -0.3 is 4.74 Å². The van der Waals surface area contributed by atoms with Crippen molar-refractivity contribution in [3.63, 3.8) is 0 Å². The number of ketones is 2. The Bertz CT molecular complexity index is 1070. The molecule has 0 unspecified atom stereocenters. The zero-order chi connectivity index (χ0) is 19.7. The summed E-state index contributed by atoms with van der Waals surface area (Å²) in [4.78, 5) is 25.9. The number of allylic oxidation sites excluding steroid dienone is 1. The van der Waals surface area contributed by atoms with Gasteiger partial charge in [0.25, 0.3) is 0 Å². The van der Waals surface area contributed by atoms with E-state index >= 15 is 0 Å². The molecule has 0 saturated heterocycles. The molecule has 0 heterocycles. The minimum absolute atomic E-state index is 0.00948. The molecule has 0 fully saturated rings. The quantitative estimate of drug-likeness (QED) is 0.371. The minimum Gasteiger partial charge on any atom is -0.496 e. The highest BCUT2D eigenvalue weighted by Gasteiger charge is 2.26. The van der Waals surface area contributed by atoms with Crippen LogP contribution in [0.5, 0.6) is 5.75 Å². The van der Waals surface area contributed by atoms with Crippen molar-refractivity contribution in [1.29, 1.82) is 0 Å². The van der Waals surface area contributed by atoms with Gasteiger partial charge in [-0.25, -0.2) is 0 Å². The number of carbonyl (C=O) groups excluding carboxylic acids is 2. The van der Waals surface area contributed by atoms with E-state index in [0.29, 0.717) is 22.4 Å². The molecule has 28 heavy (non-hydrogen) atoms. The van der Waals surface area contributed by atoms with Crippen molar-refractivity contribution in [2.45, 2.75) is 13.3 Å². The normalized spacial score (nSPS) is 12.2. The largest absolute Gasteiger partial charge is 0.496 e. The summed E-state index contributed by atoms with van der Waals surface area (Å²) < 4.78 is 5.43. The van der Waals surface area contributed by atoms with E-state index in [1.807, 2.05) is 67.6 Å². The van der Waals surface area contributed by atoms with Gasteiger partial charge in [-0.1, -0.05) is 67.6 Å². The molecule has 0 spiro atoms. The molecule has 0 saturated carbocycles. The van der Waals surface area contributed by atoms with Gasteiger partial charge in [-0.2, -0.15) is 0 Å². The van der Waals surface area contributed by atoms with Crippen LogP contribution in [-0.4, -0.2) is 18.7 Å². The van der Waals surface area contributed by atoms with Crippen molar-refractivity contribution in [2.75, 3.05) is 7.11 Å². The lowest BCUT2D eigenvalue weighted by Gasteiger charge is -2.21. The molecule has 0 aliphatic heterocycles. The Kier molecular flexibility index (Phi) is 4.66.